The van der Waals surface area contributed by atoms with Gasteiger partial charge in [-0.15, -0.1) is 0 Å². The first kappa shape index (κ1) is 27.9. The summed E-state index contributed by atoms with van der Waals surface area (Å²) in [6.07, 6.45) is 3.99. The number of hydrogen-bond donors (Lipinski definition) is 2. The summed E-state index contributed by atoms with van der Waals surface area (Å²) in [5, 5.41) is 10.7. The number of nitrogens with zero attached hydrogens (tertiary/aromatic N) is 6. The van der Waals surface area contributed by atoms with Crippen molar-refractivity contribution >= 4 is 47.9 Å². The number of carbonyl (C=O) groups is 3. The third kappa shape index (κ3) is 5.41. The van der Waals surface area contributed by atoms with Gasteiger partial charge in [0.2, 0.25) is 11.8 Å². The van der Waals surface area contributed by atoms with Gasteiger partial charge >= 0.3 is 0 Å². The van der Waals surface area contributed by atoms with Crippen LogP contribution in [0.25, 0.3) is 22.0 Å². The van der Waals surface area contributed by atoms with Gasteiger partial charge in [0.15, 0.2) is 13.5 Å². The average Bonchev–Trinajstić information content (AvgIpc) is 3.46. The van der Waals surface area contributed by atoms with E-state index < -0.39 is 6.04 Å². The summed E-state index contributed by atoms with van der Waals surface area (Å²) in [4.78, 5) is 54.7. The van der Waals surface area contributed by atoms with Crippen molar-refractivity contribution in [1.29, 1.82) is 0 Å². The lowest BCUT2D eigenvalue weighted by atomic mass is 10.0. The van der Waals surface area contributed by atoms with Gasteiger partial charge in [0.05, 0.1) is 5.52 Å². The highest BCUT2D eigenvalue weighted by atomic mass is 16.2. The monoisotopic (exact) mass is 552 g/mol. The number of amides is 3. The third-order valence-electron chi connectivity index (χ3n) is 7.85. The van der Waals surface area contributed by atoms with Crippen molar-refractivity contribution in [2.45, 2.75) is 52.7 Å². The summed E-state index contributed by atoms with van der Waals surface area (Å²) >= 11 is 0. The van der Waals surface area contributed by atoms with E-state index in [1.807, 2.05) is 65.9 Å². The quantitative estimate of drug-likeness (QED) is 0.345. The number of pyridine rings is 1. The van der Waals surface area contributed by atoms with Crippen molar-refractivity contribution in [3.05, 3.63) is 59.8 Å². The molecule has 1 aliphatic rings. The Morgan fingerprint density at radius 1 is 1.05 bits per heavy atom. The fraction of sp³-hybridized carbons (Fsp3) is 0.345. The summed E-state index contributed by atoms with van der Waals surface area (Å²) in [6, 6.07) is 8.57. The zero-order chi connectivity index (χ0) is 29.4. The molecule has 3 amide bonds. The van der Waals surface area contributed by atoms with Crippen molar-refractivity contribution in [1.82, 2.24) is 34.9 Å². The normalized spacial score (nSPS) is 18.5. The fourth-order valence-electron chi connectivity index (χ4n) is 5.32. The Hall–Kier alpha value is -4.61. The Balaban J connectivity index is 1.45. The molecule has 12 heteroatoms. The van der Waals surface area contributed by atoms with Crippen molar-refractivity contribution in [3.8, 4) is 11.1 Å². The van der Waals surface area contributed by atoms with E-state index in [1.54, 1.807) is 17.3 Å². The molecule has 0 unspecified atom stereocenters. The Kier molecular flexibility index (Phi) is 7.57. The van der Waals surface area contributed by atoms with Gasteiger partial charge in [-0.1, -0.05) is 25.1 Å². The number of hydrogen-bond acceptors (Lipinski definition) is 7. The highest BCUT2D eigenvalue weighted by molar-refractivity contribution is 6.30. The molecule has 2 N–H and O–H groups in total. The minimum atomic E-state index is -0.650. The lowest BCUT2D eigenvalue weighted by molar-refractivity contribution is -0.139. The van der Waals surface area contributed by atoms with E-state index in [4.69, 9.17) is 0 Å². The molecule has 0 bridgehead atoms. The minimum absolute atomic E-state index is 0.122. The minimum Gasteiger partial charge on any atom is -0.354 e. The second-order valence-corrected chi connectivity index (χ2v) is 10.7. The van der Waals surface area contributed by atoms with E-state index in [9.17, 15) is 14.4 Å². The first-order valence-corrected chi connectivity index (χ1v) is 13.6. The summed E-state index contributed by atoms with van der Waals surface area (Å²) in [5.74, 6) is 0.403. The highest BCUT2D eigenvalue weighted by Gasteiger charge is 2.43. The number of anilines is 1. The number of aromatic nitrogens is 5. The summed E-state index contributed by atoms with van der Waals surface area (Å²) in [7, 11) is 3.40. The predicted molar refractivity (Wildman–Crippen MR) is 159 cm³/mol. The molecule has 11 nitrogen and oxygen atoms in total. The van der Waals surface area contributed by atoms with Gasteiger partial charge in [0, 0.05) is 36.4 Å². The van der Waals surface area contributed by atoms with Gasteiger partial charge in [-0.05, 0) is 62.0 Å². The van der Waals surface area contributed by atoms with E-state index in [2.05, 4.69) is 30.7 Å². The standard InChI is InChI=1S/C29H33BN8O3/c1-15-6-9-24(30)34-27(15)35-28(40)23-10-16(2)17(3)38(23)25(39)14-37-22-8-7-19(20-12-32-18(4)33-13-20)11-21(22)26(36-37)29(41)31-5/h6-9,11-13,16-17,23H,10,14,30H2,1-5H3,(H,31,41)(H,34,35,40)/t16-,17+,23-/m0/s1. The number of aryl methyl sites for hydroxylation is 2. The molecule has 0 spiro atoms. The zero-order valence-corrected chi connectivity index (χ0v) is 24.1. The van der Waals surface area contributed by atoms with Crippen molar-refractivity contribution in [3.63, 3.8) is 0 Å². The number of fused-ring (bicyclic) bond motifs is 1. The molecule has 3 aromatic heterocycles. The molecule has 0 radical (unpaired) electrons. The van der Waals surface area contributed by atoms with Crippen LogP contribution in [0.5, 0.6) is 0 Å². The Morgan fingerprint density at radius 2 is 1.78 bits per heavy atom. The van der Waals surface area contributed by atoms with Crippen LogP contribution >= 0.6 is 0 Å². The maximum Gasteiger partial charge on any atom is 0.272 e. The molecule has 1 aromatic carbocycles. The molecule has 1 saturated heterocycles. The predicted octanol–water partition coefficient (Wildman–Crippen LogP) is 1.39. The van der Waals surface area contributed by atoms with Crippen LogP contribution < -0.4 is 16.2 Å². The van der Waals surface area contributed by atoms with E-state index in [1.165, 1.54) is 11.7 Å². The van der Waals surface area contributed by atoms with Crippen LogP contribution in [0.4, 0.5) is 5.82 Å². The maximum atomic E-state index is 13.8. The lowest BCUT2D eigenvalue weighted by Crippen LogP contribution is -2.47. The Bertz CT molecular complexity index is 1650. The van der Waals surface area contributed by atoms with E-state index in [0.29, 0.717) is 29.0 Å². The SMILES string of the molecule is Bc1ccc(C)c(NC(=O)[C@@H]2C[C@H](C)[C@@H](C)N2C(=O)Cn2nc(C(=O)NC)c3cc(-c4cnc(C)nc4)ccc32)n1. The average molecular weight is 552 g/mol. The molecule has 3 atom stereocenters. The molecular weight excluding hydrogens is 519 g/mol. The second-order valence-electron chi connectivity index (χ2n) is 10.7. The van der Waals surface area contributed by atoms with E-state index >= 15 is 0 Å². The molecule has 4 aromatic rings. The second kappa shape index (κ2) is 11.1. The molecule has 1 fully saturated rings. The zero-order valence-electron chi connectivity index (χ0n) is 24.1. The van der Waals surface area contributed by atoms with Crippen LogP contribution in [0, 0.1) is 19.8 Å². The molecule has 4 heterocycles. The largest absolute Gasteiger partial charge is 0.354 e. The molecular formula is C29H33BN8O3. The molecule has 5 rings (SSSR count). The van der Waals surface area contributed by atoms with Crippen LogP contribution in [-0.4, -0.2) is 74.3 Å². The first-order chi connectivity index (χ1) is 19.6. The molecule has 41 heavy (non-hydrogen) atoms. The van der Waals surface area contributed by atoms with Crippen molar-refractivity contribution in [2.75, 3.05) is 12.4 Å². The van der Waals surface area contributed by atoms with E-state index in [-0.39, 0.29) is 41.9 Å². The van der Waals surface area contributed by atoms with Crippen LogP contribution in [0.1, 0.15) is 42.1 Å². The van der Waals surface area contributed by atoms with Gasteiger partial charge in [-0.3, -0.25) is 19.1 Å². The highest BCUT2D eigenvalue weighted by Crippen LogP contribution is 2.32. The molecule has 0 saturated carbocycles. The first-order valence-electron chi connectivity index (χ1n) is 13.6. The van der Waals surface area contributed by atoms with Gasteiger partial charge in [-0.25, -0.2) is 15.0 Å². The summed E-state index contributed by atoms with van der Waals surface area (Å²) < 4.78 is 1.54. The van der Waals surface area contributed by atoms with Crippen molar-refractivity contribution < 1.29 is 14.4 Å². The molecule has 0 aliphatic carbocycles. The summed E-state index contributed by atoms with van der Waals surface area (Å²) in [5.41, 5.74) is 4.12. The molecule has 210 valence electrons. The molecule has 1 aliphatic heterocycles. The number of nitrogens with one attached hydrogen (secondary N) is 2. The maximum absolute atomic E-state index is 13.8. The number of rotatable bonds is 6. The van der Waals surface area contributed by atoms with Crippen molar-refractivity contribution in [2.24, 2.45) is 5.92 Å². The van der Waals surface area contributed by atoms with Crippen LogP contribution in [0.15, 0.2) is 42.7 Å². The summed E-state index contributed by atoms with van der Waals surface area (Å²) in [6.45, 7) is 7.57. The van der Waals surface area contributed by atoms with Gasteiger partial charge < -0.3 is 15.5 Å². The topological polar surface area (TPSA) is 135 Å². The lowest BCUT2D eigenvalue weighted by Gasteiger charge is -2.28. The Labute approximate surface area is 239 Å². The van der Waals surface area contributed by atoms with Crippen LogP contribution in [0.2, 0.25) is 0 Å². The third-order valence-corrected chi connectivity index (χ3v) is 7.85. The Morgan fingerprint density at radius 3 is 2.49 bits per heavy atom. The van der Waals surface area contributed by atoms with Gasteiger partial charge in [0.25, 0.3) is 5.91 Å². The van der Waals surface area contributed by atoms with Crippen LogP contribution in [0.3, 0.4) is 0 Å². The van der Waals surface area contributed by atoms with Gasteiger partial charge in [-0.2, -0.15) is 5.10 Å². The van der Waals surface area contributed by atoms with E-state index in [0.717, 1.165) is 22.3 Å². The van der Waals surface area contributed by atoms with Gasteiger partial charge in [0.1, 0.15) is 24.2 Å². The number of benzene rings is 1. The number of carbonyl (C=O) groups excluding carboxylic acids is 3. The smallest absolute Gasteiger partial charge is 0.272 e. The fourth-order valence-corrected chi connectivity index (χ4v) is 5.32. The number of likely N-dealkylation sites (tertiary alicyclic amines) is 1. The van der Waals surface area contributed by atoms with Crippen LogP contribution in [-0.2, 0) is 16.1 Å².